The molecule has 2 fully saturated rings. The van der Waals surface area contributed by atoms with Crippen molar-refractivity contribution in [3.05, 3.63) is 40.6 Å². The molecule has 0 spiro atoms. The van der Waals surface area contributed by atoms with Crippen molar-refractivity contribution >= 4 is 22.3 Å². The molecule has 21 heavy (non-hydrogen) atoms. The fraction of sp³-hybridized carbons (Fsp3) is 0.438. The summed E-state index contributed by atoms with van der Waals surface area (Å²) in [7, 11) is 0. The standard InChI is InChI=1S/C16H17N3O2/c20-19(21)16-12-2-1-9-17-13(12)7-8-14(16)18-15(10-3-4-10)11-5-6-11/h1-2,7-11,15,18H,3-6H2. The van der Waals surface area contributed by atoms with E-state index in [-0.39, 0.29) is 10.6 Å². The predicted octanol–water partition coefficient (Wildman–Crippen LogP) is 3.74. The van der Waals surface area contributed by atoms with Crippen molar-refractivity contribution in [3.8, 4) is 0 Å². The minimum atomic E-state index is -0.288. The lowest BCUT2D eigenvalue weighted by molar-refractivity contribution is -0.382. The van der Waals surface area contributed by atoms with Gasteiger partial charge in [-0.15, -0.1) is 0 Å². The molecule has 0 amide bonds. The van der Waals surface area contributed by atoms with E-state index in [1.54, 1.807) is 18.3 Å². The molecule has 0 aliphatic heterocycles. The van der Waals surface area contributed by atoms with Crippen molar-refractivity contribution in [2.75, 3.05) is 5.32 Å². The number of nitro benzene ring substituents is 1. The molecule has 5 heteroatoms. The maximum absolute atomic E-state index is 11.5. The quantitative estimate of drug-likeness (QED) is 0.670. The van der Waals surface area contributed by atoms with Crippen LogP contribution in [0, 0.1) is 22.0 Å². The second-order valence-corrected chi connectivity index (χ2v) is 6.13. The van der Waals surface area contributed by atoms with E-state index in [0.29, 0.717) is 34.5 Å². The van der Waals surface area contributed by atoms with Gasteiger partial charge in [0, 0.05) is 12.2 Å². The van der Waals surface area contributed by atoms with Crippen molar-refractivity contribution in [1.29, 1.82) is 0 Å². The Morgan fingerprint density at radius 1 is 1.19 bits per heavy atom. The van der Waals surface area contributed by atoms with Gasteiger partial charge in [-0.05, 0) is 61.8 Å². The third kappa shape index (κ3) is 2.33. The Morgan fingerprint density at radius 3 is 2.52 bits per heavy atom. The highest BCUT2D eigenvalue weighted by atomic mass is 16.6. The molecule has 2 aliphatic carbocycles. The first-order valence-electron chi connectivity index (χ1n) is 7.52. The van der Waals surface area contributed by atoms with Crippen molar-refractivity contribution < 1.29 is 4.92 Å². The molecule has 0 unspecified atom stereocenters. The number of benzene rings is 1. The summed E-state index contributed by atoms with van der Waals surface area (Å²) in [6, 6.07) is 7.60. The van der Waals surface area contributed by atoms with E-state index in [1.165, 1.54) is 25.7 Å². The zero-order valence-electron chi connectivity index (χ0n) is 11.7. The van der Waals surface area contributed by atoms with Crippen LogP contribution in [0.1, 0.15) is 25.7 Å². The molecule has 0 bridgehead atoms. The summed E-state index contributed by atoms with van der Waals surface area (Å²) in [5.74, 6) is 1.39. The molecule has 108 valence electrons. The van der Waals surface area contributed by atoms with Gasteiger partial charge in [0.05, 0.1) is 15.8 Å². The van der Waals surface area contributed by atoms with E-state index in [1.807, 2.05) is 12.1 Å². The smallest absolute Gasteiger partial charge is 0.301 e. The normalized spacial score (nSPS) is 18.1. The van der Waals surface area contributed by atoms with Gasteiger partial charge in [-0.2, -0.15) is 0 Å². The lowest BCUT2D eigenvalue weighted by Gasteiger charge is -2.19. The molecule has 0 atom stereocenters. The number of aromatic nitrogens is 1. The first-order valence-corrected chi connectivity index (χ1v) is 7.52. The molecule has 1 N–H and O–H groups in total. The average molecular weight is 283 g/mol. The molecular weight excluding hydrogens is 266 g/mol. The van der Waals surface area contributed by atoms with Gasteiger partial charge in [-0.3, -0.25) is 15.1 Å². The van der Waals surface area contributed by atoms with Gasteiger partial charge in [0.15, 0.2) is 0 Å². The van der Waals surface area contributed by atoms with Crippen molar-refractivity contribution in [1.82, 2.24) is 4.98 Å². The monoisotopic (exact) mass is 283 g/mol. The summed E-state index contributed by atoms with van der Waals surface area (Å²) in [6.07, 6.45) is 6.65. The Morgan fingerprint density at radius 2 is 1.90 bits per heavy atom. The van der Waals surface area contributed by atoms with E-state index in [4.69, 9.17) is 0 Å². The van der Waals surface area contributed by atoms with Gasteiger partial charge < -0.3 is 5.32 Å². The van der Waals surface area contributed by atoms with Crippen LogP contribution >= 0.6 is 0 Å². The fourth-order valence-corrected chi connectivity index (χ4v) is 3.16. The fourth-order valence-electron chi connectivity index (χ4n) is 3.16. The van der Waals surface area contributed by atoms with E-state index >= 15 is 0 Å². The van der Waals surface area contributed by atoms with Crippen LogP contribution in [0.25, 0.3) is 10.9 Å². The molecule has 5 nitrogen and oxygen atoms in total. The molecule has 0 radical (unpaired) electrons. The van der Waals surface area contributed by atoms with Crippen LogP contribution in [0.4, 0.5) is 11.4 Å². The topological polar surface area (TPSA) is 68.1 Å². The number of rotatable bonds is 5. The highest BCUT2D eigenvalue weighted by Crippen LogP contribution is 2.47. The lowest BCUT2D eigenvalue weighted by Crippen LogP contribution is -2.24. The molecule has 0 saturated heterocycles. The lowest BCUT2D eigenvalue weighted by atomic mass is 10.1. The zero-order valence-corrected chi connectivity index (χ0v) is 11.7. The Bertz CT molecular complexity index is 696. The van der Waals surface area contributed by atoms with E-state index in [0.717, 1.165) is 0 Å². The van der Waals surface area contributed by atoms with Crippen LogP contribution in [0.3, 0.4) is 0 Å². The summed E-state index contributed by atoms with van der Waals surface area (Å²) in [4.78, 5) is 15.4. The number of hydrogen-bond acceptors (Lipinski definition) is 4. The maximum Gasteiger partial charge on any atom is 0.301 e. The van der Waals surface area contributed by atoms with Crippen LogP contribution in [0.2, 0.25) is 0 Å². The number of anilines is 1. The molecule has 2 aliphatic rings. The Kier molecular flexibility index (Phi) is 2.80. The average Bonchev–Trinajstić information content (AvgIpc) is 3.37. The number of nitro groups is 1. The highest BCUT2D eigenvalue weighted by molar-refractivity contribution is 5.94. The van der Waals surface area contributed by atoms with Crippen molar-refractivity contribution in [2.45, 2.75) is 31.7 Å². The Balaban J connectivity index is 1.76. The van der Waals surface area contributed by atoms with Crippen LogP contribution in [-0.2, 0) is 0 Å². The summed E-state index contributed by atoms with van der Waals surface area (Å²) < 4.78 is 0. The van der Waals surface area contributed by atoms with Gasteiger partial charge in [-0.1, -0.05) is 0 Å². The Hall–Kier alpha value is -2.17. The van der Waals surface area contributed by atoms with Gasteiger partial charge in [0.2, 0.25) is 0 Å². The van der Waals surface area contributed by atoms with Crippen molar-refractivity contribution in [2.24, 2.45) is 11.8 Å². The molecule has 1 aromatic carbocycles. The van der Waals surface area contributed by atoms with Gasteiger partial charge >= 0.3 is 5.69 Å². The molecule has 2 saturated carbocycles. The second kappa shape index (κ2) is 4.69. The van der Waals surface area contributed by atoms with Crippen LogP contribution in [0.5, 0.6) is 0 Å². The van der Waals surface area contributed by atoms with Gasteiger partial charge in [0.1, 0.15) is 5.69 Å². The Labute approximate surface area is 122 Å². The van der Waals surface area contributed by atoms with E-state index in [9.17, 15) is 10.1 Å². The second-order valence-electron chi connectivity index (χ2n) is 6.13. The SMILES string of the molecule is O=[N+]([O-])c1c(NC(C2CC2)C2CC2)ccc2ncccc12. The zero-order chi connectivity index (χ0) is 14.4. The first-order chi connectivity index (χ1) is 10.2. The molecule has 1 aromatic heterocycles. The third-order valence-corrected chi connectivity index (χ3v) is 4.52. The number of nitrogens with one attached hydrogen (secondary N) is 1. The van der Waals surface area contributed by atoms with Gasteiger partial charge in [-0.25, -0.2) is 0 Å². The van der Waals surface area contributed by atoms with Crippen LogP contribution in [-0.4, -0.2) is 15.9 Å². The summed E-state index contributed by atoms with van der Waals surface area (Å²) in [5.41, 5.74) is 1.47. The molecular formula is C16H17N3O2. The maximum atomic E-state index is 11.5. The number of fused-ring (bicyclic) bond motifs is 1. The summed E-state index contributed by atoms with van der Waals surface area (Å²) in [6.45, 7) is 0. The molecule has 4 rings (SSSR count). The molecule has 2 aromatic rings. The van der Waals surface area contributed by atoms with Crippen molar-refractivity contribution in [3.63, 3.8) is 0 Å². The van der Waals surface area contributed by atoms with Crippen LogP contribution in [0.15, 0.2) is 30.5 Å². The van der Waals surface area contributed by atoms with E-state index < -0.39 is 0 Å². The third-order valence-electron chi connectivity index (χ3n) is 4.52. The number of nitrogens with zero attached hydrogens (tertiary/aromatic N) is 2. The minimum Gasteiger partial charge on any atom is -0.376 e. The van der Waals surface area contributed by atoms with Crippen LogP contribution < -0.4 is 5.32 Å². The minimum absolute atomic E-state index is 0.159. The largest absolute Gasteiger partial charge is 0.376 e. The number of hydrogen-bond donors (Lipinski definition) is 1. The highest BCUT2D eigenvalue weighted by Gasteiger charge is 2.42. The molecule has 1 heterocycles. The summed E-state index contributed by atoms with van der Waals surface area (Å²) in [5, 5.41) is 15.6. The summed E-state index contributed by atoms with van der Waals surface area (Å²) >= 11 is 0. The van der Waals surface area contributed by atoms with E-state index in [2.05, 4.69) is 10.3 Å². The predicted molar refractivity (Wildman–Crippen MR) is 81.3 cm³/mol. The first kappa shape index (κ1) is 12.6. The number of pyridine rings is 1. The van der Waals surface area contributed by atoms with Gasteiger partial charge in [0.25, 0.3) is 0 Å².